The summed E-state index contributed by atoms with van der Waals surface area (Å²) in [6.45, 7) is 13.8. The number of allylic oxidation sites excluding steroid dienone is 1. The molecule has 0 aromatic heterocycles. The van der Waals surface area contributed by atoms with E-state index in [9.17, 15) is 0 Å². The summed E-state index contributed by atoms with van der Waals surface area (Å²) in [5.41, 5.74) is 13.9. The molecule has 0 fully saturated rings. The highest BCUT2D eigenvalue weighted by atomic mass is 15.1. The van der Waals surface area contributed by atoms with Crippen LogP contribution in [0.3, 0.4) is 0 Å². The van der Waals surface area contributed by atoms with Gasteiger partial charge in [0.1, 0.15) is 0 Å². The minimum Gasteiger partial charge on any atom is -0.397 e. The first-order valence-electron chi connectivity index (χ1n) is 11.7. The van der Waals surface area contributed by atoms with E-state index < -0.39 is 0 Å². The number of hydrogen-bond acceptors (Lipinski definition) is 3. The van der Waals surface area contributed by atoms with E-state index in [-0.39, 0.29) is 0 Å². The molecule has 0 saturated heterocycles. The molecule has 0 unspecified atom stereocenters. The van der Waals surface area contributed by atoms with E-state index in [1.165, 1.54) is 36.0 Å². The molecule has 168 valence electrons. The minimum absolute atomic E-state index is 0.811. The van der Waals surface area contributed by atoms with E-state index >= 15 is 0 Å². The molecule has 0 aliphatic rings. The molecule has 3 N–H and O–H groups in total. The lowest BCUT2D eigenvalue weighted by molar-refractivity contribution is 0.453. The Morgan fingerprint density at radius 3 is 2.39 bits per heavy atom. The smallest absolute Gasteiger partial charge is 0.0615 e. The fraction of sp³-hybridized carbons (Fsp3) is 0.429. The van der Waals surface area contributed by atoms with Crippen LogP contribution in [0.25, 0.3) is 5.70 Å². The van der Waals surface area contributed by atoms with Gasteiger partial charge in [0, 0.05) is 25.0 Å². The van der Waals surface area contributed by atoms with Crippen molar-refractivity contribution in [3.05, 3.63) is 78.0 Å². The summed E-state index contributed by atoms with van der Waals surface area (Å²) < 4.78 is 0. The molecule has 0 aliphatic carbocycles. The second-order valence-corrected chi connectivity index (χ2v) is 8.65. The van der Waals surface area contributed by atoms with Crippen molar-refractivity contribution in [2.45, 2.75) is 65.2 Å². The highest BCUT2D eigenvalue weighted by Crippen LogP contribution is 2.24. The van der Waals surface area contributed by atoms with Gasteiger partial charge in [-0.25, -0.2) is 0 Å². The van der Waals surface area contributed by atoms with Gasteiger partial charge in [0.25, 0.3) is 0 Å². The van der Waals surface area contributed by atoms with Crippen LogP contribution in [-0.2, 0) is 6.42 Å². The maximum absolute atomic E-state index is 6.25. The number of unbranched alkanes of at least 4 members (excludes halogenated alkanes) is 4. The summed E-state index contributed by atoms with van der Waals surface area (Å²) in [5, 5.41) is 3.40. The van der Waals surface area contributed by atoms with Crippen LogP contribution in [0.4, 0.5) is 11.4 Å². The van der Waals surface area contributed by atoms with Gasteiger partial charge >= 0.3 is 0 Å². The van der Waals surface area contributed by atoms with Crippen molar-refractivity contribution >= 4 is 17.1 Å². The zero-order valence-corrected chi connectivity index (χ0v) is 19.8. The van der Waals surface area contributed by atoms with Gasteiger partial charge in [0.2, 0.25) is 0 Å². The average Bonchev–Trinajstić information content (AvgIpc) is 2.75. The Kier molecular flexibility index (Phi) is 10.2. The second-order valence-electron chi connectivity index (χ2n) is 8.65. The topological polar surface area (TPSA) is 41.3 Å². The molecule has 2 rings (SSSR count). The maximum atomic E-state index is 6.25. The van der Waals surface area contributed by atoms with E-state index in [1.807, 2.05) is 0 Å². The average molecular weight is 420 g/mol. The largest absolute Gasteiger partial charge is 0.397 e. The van der Waals surface area contributed by atoms with Crippen molar-refractivity contribution in [1.29, 1.82) is 0 Å². The molecular formula is C28H41N3. The Hall–Kier alpha value is -2.68. The van der Waals surface area contributed by atoms with Crippen LogP contribution < -0.4 is 11.1 Å². The number of nitrogen functional groups attached to an aromatic ring is 1. The quantitative estimate of drug-likeness (QED) is 0.247. The number of aryl methyl sites for hydroxylation is 2. The SMILES string of the molecule is C=C(CCCCCN(C)C(=C)c1ccc(C)cc1)Nc1ccc(CCCCC)cc1N. The van der Waals surface area contributed by atoms with Gasteiger partial charge in [-0.05, 0) is 62.3 Å². The monoisotopic (exact) mass is 419 g/mol. The Morgan fingerprint density at radius 2 is 1.71 bits per heavy atom. The molecule has 2 aromatic carbocycles. The van der Waals surface area contributed by atoms with Crippen molar-refractivity contribution in [2.24, 2.45) is 0 Å². The Morgan fingerprint density at radius 1 is 0.968 bits per heavy atom. The van der Waals surface area contributed by atoms with Crippen LogP contribution in [0.5, 0.6) is 0 Å². The Bertz CT molecular complexity index is 836. The number of nitrogens with zero attached hydrogens (tertiary/aromatic N) is 1. The zero-order valence-electron chi connectivity index (χ0n) is 19.8. The van der Waals surface area contributed by atoms with E-state index in [1.54, 1.807) is 0 Å². The summed E-state index contributed by atoms with van der Waals surface area (Å²) in [6.07, 6.45) is 9.22. The van der Waals surface area contributed by atoms with Crippen LogP contribution in [0.15, 0.2) is 61.3 Å². The van der Waals surface area contributed by atoms with Crippen molar-refractivity contribution in [3.63, 3.8) is 0 Å². The lowest BCUT2D eigenvalue weighted by atomic mass is 10.1. The molecular weight excluding hydrogens is 378 g/mol. The Balaban J connectivity index is 1.66. The molecule has 0 spiro atoms. The maximum Gasteiger partial charge on any atom is 0.0615 e. The molecule has 0 bridgehead atoms. The molecule has 0 saturated carbocycles. The van der Waals surface area contributed by atoms with Crippen LogP contribution in [0, 0.1) is 6.92 Å². The van der Waals surface area contributed by atoms with Gasteiger partial charge in [0.15, 0.2) is 0 Å². The number of anilines is 2. The molecule has 31 heavy (non-hydrogen) atoms. The van der Waals surface area contributed by atoms with Gasteiger partial charge in [-0.15, -0.1) is 0 Å². The minimum atomic E-state index is 0.811. The molecule has 0 aliphatic heterocycles. The fourth-order valence-corrected chi connectivity index (χ4v) is 3.68. The molecule has 0 atom stereocenters. The predicted molar refractivity (Wildman–Crippen MR) is 138 cm³/mol. The Labute approximate surface area is 190 Å². The van der Waals surface area contributed by atoms with E-state index in [4.69, 9.17) is 5.73 Å². The highest BCUT2D eigenvalue weighted by molar-refractivity contribution is 5.68. The molecule has 0 amide bonds. The molecule has 3 nitrogen and oxygen atoms in total. The lowest BCUT2D eigenvalue weighted by Gasteiger charge is -2.22. The van der Waals surface area contributed by atoms with Gasteiger partial charge in [-0.1, -0.05) is 75.2 Å². The third-order valence-corrected chi connectivity index (χ3v) is 5.81. The standard InChI is InChI=1S/C28H41N3/c1-6-7-9-13-25-16-19-28(27(29)21-25)30-23(3)12-10-8-11-20-31(5)24(4)26-17-14-22(2)15-18-26/h14-19,21,30H,3-4,6-13,20,29H2,1-2,5H3. The zero-order chi connectivity index (χ0) is 22.6. The lowest BCUT2D eigenvalue weighted by Crippen LogP contribution is -2.17. The summed E-state index contributed by atoms with van der Waals surface area (Å²) in [6, 6.07) is 14.9. The third kappa shape index (κ3) is 8.53. The third-order valence-electron chi connectivity index (χ3n) is 5.81. The highest BCUT2D eigenvalue weighted by Gasteiger charge is 2.06. The first-order valence-corrected chi connectivity index (χ1v) is 11.7. The van der Waals surface area contributed by atoms with Crippen molar-refractivity contribution in [3.8, 4) is 0 Å². The molecule has 2 aromatic rings. The van der Waals surface area contributed by atoms with Crippen LogP contribution in [0.1, 0.15) is 68.6 Å². The second kappa shape index (κ2) is 12.9. The van der Waals surface area contributed by atoms with Crippen LogP contribution >= 0.6 is 0 Å². The number of nitrogens with one attached hydrogen (secondary N) is 1. The van der Waals surface area contributed by atoms with Gasteiger partial charge in [0.05, 0.1) is 11.4 Å². The van der Waals surface area contributed by atoms with E-state index in [2.05, 4.69) is 86.7 Å². The first kappa shape index (κ1) is 24.6. The number of nitrogens with two attached hydrogens (primary N) is 1. The summed E-state index contributed by atoms with van der Waals surface area (Å²) >= 11 is 0. The first-order chi connectivity index (χ1) is 14.9. The molecule has 0 radical (unpaired) electrons. The van der Waals surface area contributed by atoms with E-state index in [0.717, 1.165) is 61.4 Å². The van der Waals surface area contributed by atoms with Crippen molar-refractivity contribution in [2.75, 3.05) is 24.6 Å². The van der Waals surface area contributed by atoms with Crippen LogP contribution in [0.2, 0.25) is 0 Å². The number of rotatable bonds is 14. The summed E-state index contributed by atoms with van der Waals surface area (Å²) in [5.74, 6) is 0. The normalized spacial score (nSPS) is 10.7. The summed E-state index contributed by atoms with van der Waals surface area (Å²) in [4.78, 5) is 2.25. The van der Waals surface area contributed by atoms with Crippen LogP contribution in [-0.4, -0.2) is 18.5 Å². The summed E-state index contributed by atoms with van der Waals surface area (Å²) in [7, 11) is 2.12. The van der Waals surface area contributed by atoms with E-state index in [0.29, 0.717) is 0 Å². The van der Waals surface area contributed by atoms with Gasteiger partial charge in [-0.2, -0.15) is 0 Å². The number of hydrogen-bond donors (Lipinski definition) is 2. The van der Waals surface area contributed by atoms with Crippen molar-refractivity contribution in [1.82, 2.24) is 4.90 Å². The van der Waals surface area contributed by atoms with Crippen molar-refractivity contribution < 1.29 is 0 Å². The molecule has 0 heterocycles. The predicted octanol–water partition coefficient (Wildman–Crippen LogP) is 7.40. The fourth-order valence-electron chi connectivity index (χ4n) is 3.68. The van der Waals surface area contributed by atoms with Gasteiger partial charge < -0.3 is 16.0 Å². The molecule has 3 heteroatoms. The number of benzene rings is 2. The van der Waals surface area contributed by atoms with Gasteiger partial charge in [-0.3, -0.25) is 0 Å².